The Morgan fingerprint density at radius 3 is 2.50 bits per heavy atom. The molecule has 3 nitrogen and oxygen atoms in total. The summed E-state index contributed by atoms with van der Waals surface area (Å²) < 4.78 is 27.8. The van der Waals surface area contributed by atoms with E-state index in [4.69, 9.17) is 0 Å². The minimum Gasteiger partial charge on any atom is -0.279 e. The van der Waals surface area contributed by atoms with Crippen LogP contribution in [0.15, 0.2) is 52.1 Å². The molecular weight excluding hydrogens is 334 g/mol. The molecule has 3 rings (SSSR count). The molecule has 6 heteroatoms. The highest BCUT2D eigenvalue weighted by atomic mass is 32.2. The van der Waals surface area contributed by atoms with Gasteiger partial charge < -0.3 is 0 Å². The fourth-order valence-electron chi connectivity index (χ4n) is 2.09. The second-order valence-corrected chi connectivity index (χ2v) is 9.12. The predicted octanol–water partition coefficient (Wildman–Crippen LogP) is 4.89. The third-order valence-electron chi connectivity index (χ3n) is 3.27. The van der Waals surface area contributed by atoms with Gasteiger partial charge in [-0.25, -0.2) is 8.42 Å². The van der Waals surface area contributed by atoms with Gasteiger partial charge in [-0.3, -0.25) is 4.72 Å². The summed E-state index contributed by atoms with van der Waals surface area (Å²) in [5.74, 6) is 0. The van der Waals surface area contributed by atoms with Gasteiger partial charge in [-0.15, -0.1) is 22.7 Å². The van der Waals surface area contributed by atoms with Crippen molar-refractivity contribution in [2.24, 2.45) is 0 Å². The van der Waals surface area contributed by atoms with Crippen LogP contribution in [0.4, 0.5) is 5.69 Å². The van der Waals surface area contributed by atoms with E-state index in [0.717, 1.165) is 16.0 Å². The topological polar surface area (TPSA) is 46.2 Å². The van der Waals surface area contributed by atoms with E-state index in [-0.39, 0.29) is 0 Å². The van der Waals surface area contributed by atoms with Crippen molar-refractivity contribution >= 4 is 38.4 Å². The van der Waals surface area contributed by atoms with Crippen LogP contribution < -0.4 is 4.72 Å². The standard InChI is InChI=1S/C16H15NO2S3/c1-11-5-7-13(15-8-6-12(2)21-15)10-14(11)17-22(18,19)16-4-3-9-20-16/h3-10,17H,1-2H3. The van der Waals surface area contributed by atoms with E-state index in [9.17, 15) is 8.42 Å². The van der Waals surface area contributed by atoms with Crippen molar-refractivity contribution in [2.75, 3.05) is 4.72 Å². The molecule has 1 aromatic carbocycles. The van der Waals surface area contributed by atoms with E-state index < -0.39 is 10.0 Å². The van der Waals surface area contributed by atoms with Crippen LogP contribution in [0.5, 0.6) is 0 Å². The summed E-state index contributed by atoms with van der Waals surface area (Å²) in [6.45, 7) is 3.96. The van der Waals surface area contributed by atoms with Gasteiger partial charge in [-0.1, -0.05) is 18.2 Å². The SMILES string of the molecule is Cc1ccc(-c2ccc(C)c(NS(=O)(=O)c3cccs3)c2)s1. The first-order valence-electron chi connectivity index (χ1n) is 6.69. The molecule has 0 aliphatic heterocycles. The minimum absolute atomic E-state index is 0.323. The van der Waals surface area contributed by atoms with Crippen LogP contribution in [0, 0.1) is 13.8 Å². The van der Waals surface area contributed by atoms with E-state index in [1.165, 1.54) is 16.2 Å². The maximum atomic E-state index is 12.4. The van der Waals surface area contributed by atoms with E-state index >= 15 is 0 Å². The van der Waals surface area contributed by atoms with Crippen molar-refractivity contribution in [1.29, 1.82) is 0 Å². The fourth-order valence-corrected chi connectivity index (χ4v) is 5.06. The normalized spacial score (nSPS) is 11.5. The second-order valence-electron chi connectivity index (χ2n) is 4.98. The zero-order valence-corrected chi connectivity index (χ0v) is 14.6. The van der Waals surface area contributed by atoms with Crippen molar-refractivity contribution in [3.63, 3.8) is 0 Å². The lowest BCUT2D eigenvalue weighted by Gasteiger charge is -2.11. The summed E-state index contributed by atoms with van der Waals surface area (Å²) in [4.78, 5) is 2.37. The van der Waals surface area contributed by atoms with Crippen molar-refractivity contribution in [3.8, 4) is 10.4 Å². The summed E-state index contributed by atoms with van der Waals surface area (Å²) in [6, 6.07) is 13.3. The van der Waals surface area contributed by atoms with Gasteiger partial charge in [-0.2, -0.15) is 0 Å². The summed E-state index contributed by atoms with van der Waals surface area (Å²) in [7, 11) is -3.51. The molecule has 0 bridgehead atoms. The van der Waals surface area contributed by atoms with Gasteiger partial charge >= 0.3 is 0 Å². The van der Waals surface area contributed by atoms with E-state index in [1.54, 1.807) is 28.8 Å². The molecule has 0 unspecified atom stereocenters. The van der Waals surface area contributed by atoms with Gasteiger partial charge in [0.15, 0.2) is 0 Å². The number of sulfonamides is 1. The predicted molar refractivity (Wildman–Crippen MR) is 94.4 cm³/mol. The monoisotopic (exact) mass is 349 g/mol. The van der Waals surface area contributed by atoms with Gasteiger partial charge in [0.2, 0.25) is 0 Å². The quantitative estimate of drug-likeness (QED) is 0.728. The average Bonchev–Trinajstić information content (AvgIpc) is 3.12. The van der Waals surface area contributed by atoms with Gasteiger partial charge in [0.25, 0.3) is 10.0 Å². The van der Waals surface area contributed by atoms with E-state index in [2.05, 4.69) is 23.8 Å². The van der Waals surface area contributed by atoms with Crippen LogP contribution in [0.25, 0.3) is 10.4 Å². The van der Waals surface area contributed by atoms with Crippen molar-refractivity contribution in [3.05, 3.63) is 58.3 Å². The molecule has 0 saturated heterocycles. The first-order chi connectivity index (χ1) is 10.5. The molecule has 0 fully saturated rings. The number of benzene rings is 1. The Bertz CT molecular complexity index is 893. The molecule has 0 amide bonds. The zero-order chi connectivity index (χ0) is 15.7. The lowest BCUT2D eigenvalue weighted by atomic mass is 10.1. The summed E-state index contributed by atoms with van der Waals surface area (Å²) in [5.41, 5.74) is 2.54. The Balaban J connectivity index is 1.97. The summed E-state index contributed by atoms with van der Waals surface area (Å²) in [5, 5.41) is 1.76. The molecule has 22 heavy (non-hydrogen) atoms. The van der Waals surface area contributed by atoms with Crippen LogP contribution >= 0.6 is 22.7 Å². The molecule has 3 aromatic rings. The first-order valence-corrected chi connectivity index (χ1v) is 9.87. The van der Waals surface area contributed by atoms with Crippen LogP contribution in [0.1, 0.15) is 10.4 Å². The number of rotatable bonds is 4. The third kappa shape index (κ3) is 3.09. The van der Waals surface area contributed by atoms with E-state index in [1.807, 2.05) is 25.1 Å². The molecule has 2 aromatic heterocycles. The molecule has 0 aliphatic carbocycles. The summed E-state index contributed by atoms with van der Waals surface area (Å²) >= 11 is 2.91. The lowest BCUT2D eigenvalue weighted by Crippen LogP contribution is -2.12. The van der Waals surface area contributed by atoms with Crippen LogP contribution in [-0.4, -0.2) is 8.42 Å². The molecule has 114 valence electrons. The lowest BCUT2D eigenvalue weighted by molar-refractivity contribution is 0.603. The van der Waals surface area contributed by atoms with E-state index in [0.29, 0.717) is 9.90 Å². The van der Waals surface area contributed by atoms with Gasteiger partial charge in [-0.05, 0) is 54.6 Å². The van der Waals surface area contributed by atoms with Crippen LogP contribution in [0.2, 0.25) is 0 Å². The number of thiophene rings is 2. The molecule has 0 aliphatic rings. The molecule has 0 saturated carbocycles. The van der Waals surface area contributed by atoms with Crippen molar-refractivity contribution in [2.45, 2.75) is 18.1 Å². The van der Waals surface area contributed by atoms with Gasteiger partial charge in [0, 0.05) is 9.75 Å². The molecule has 0 spiro atoms. The zero-order valence-electron chi connectivity index (χ0n) is 12.2. The summed E-state index contributed by atoms with van der Waals surface area (Å²) in [6.07, 6.45) is 0. The van der Waals surface area contributed by atoms with Crippen molar-refractivity contribution in [1.82, 2.24) is 0 Å². The van der Waals surface area contributed by atoms with Crippen molar-refractivity contribution < 1.29 is 8.42 Å². The molecule has 0 atom stereocenters. The Labute approximate surface area is 138 Å². The largest absolute Gasteiger partial charge is 0.279 e. The highest BCUT2D eigenvalue weighted by Gasteiger charge is 2.16. The maximum Gasteiger partial charge on any atom is 0.271 e. The Morgan fingerprint density at radius 1 is 1.05 bits per heavy atom. The number of hydrogen-bond donors (Lipinski definition) is 1. The highest BCUT2D eigenvalue weighted by Crippen LogP contribution is 2.32. The smallest absolute Gasteiger partial charge is 0.271 e. The fraction of sp³-hybridized carbons (Fsp3) is 0.125. The van der Waals surface area contributed by atoms with Crippen LogP contribution in [0.3, 0.4) is 0 Å². The molecule has 0 radical (unpaired) electrons. The van der Waals surface area contributed by atoms with Gasteiger partial charge in [0.1, 0.15) is 4.21 Å². The highest BCUT2D eigenvalue weighted by molar-refractivity contribution is 7.94. The molecule has 2 heterocycles. The third-order valence-corrected chi connectivity index (χ3v) is 7.08. The van der Waals surface area contributed by atoms with Gasteiger partial charge in [0.05, 0.1) is 5.69 Å². The first kappa shape index (κ1) is 15.3. The Hall–Kier alpha value is -1.63. The number of hydrogen-bond acceptors (Lipinski definition) is 4. The number of aryl methyl sites for hydroxylation is 2. The maximum absolute atomic E-state index is 12.4. The number of anilines is 1. The molecule has 1 N–H and O–H groups in total. The Morgan fingerprint density at radius 2 is 1.86 bits per heavy atom. The second kappa shape index (κ2) is 5.87. The molecular formula is C16H15NO2S3. The number of nitrogens with one attached hydrogen (secondary N) is 1. The minimum atomic E-state index is -3.51. The average molecular weight is 350 g/mol. The Kier molecular flexibility index (Phi) is 4.08. The van der Waals surface area contributed by atoms with Crippen LogP contribution in [-0.2, 0) is 10.0 Å².